The standard InChI is InChI=1S/C18H18O3S/c19-17(12-21-18(20)11-16-6-3-9-22-16)15-8-7-13-4-1-2-5-14(13)10-15/h3,6-10H,1-2,4-5,11-12H2. The van der Waals surface area contributed by atoms with Gasteiger partial charge in [-0.1, -0.05) is 18.2 Å². The lowest BCUT2D eigenvalue weighted by Crippen LogP contribution is -2.16. The second kappa shape index (κ2) is 6.88. The van der Waals surface area contributed by atoms with Gasteiger partial charge in [-0.3, -0.25) is 9.59 Å². The van der Waals surface area contributed by atoms with E-state index in [1.54, 1.807) is 0 Å². The van der Waals surface area contributed by atoms with E-state index in [2.05, 4.69) is 0 Å². The number of benzene rings is 1. The maximum atomic E-state index is 12.2. The van der Waals surface area contributed by atoms with E-state index in [-0.39, 0.29) is 24.8 Å². The van der Waals surface area contributed by atoms with Gasteiger partial charge in [0.25, 0.3) is 0 Å². The molecule has 0 bridgehead atoms. The third kappa shape index (κ3) is 3.63. The van der Waals surface area contributed by atoms with Crippen LogP contribution in [0.15, 0.2) is 35.7 Å². The molecule has 1 heterocycles. The monoisotopic (exact) mass is 314 g/mol. The summed E-state index contributed by atoms with van der Waals surface area (Å²) in [7, 11) is 0. The normalized spacial score (nSPS) is 13.5. The molecule has 0 unspecified atom stereocenters. The molecule has 0 fully saturated rings. The SMILES string of the molecule is O=C(Cc1cccs1)OCC(=O)c1ccc2c(c1)CCCC2. The van der Waals surface area contributed by atoms with Crippen LogP contribution in [0.1, 0.15) is 39.2 Å². The van der Waals surface area contributed by atoms with E-state index in [1.165, 1.54) is 35.3 Å². The first-order valence-electron chi connectivity index (χ1n) is 7.55. The fraction of sp³-hybridized carbons (Fsp3) is 0.333. The van der Waals surface area contributed by atoms with Crippen LogP contribution < -0.4 is 0 Å². The van der Waals surface area contributed by atoms with Crippen LogP contribution in [0.25, 0.3) is 0 Å². The summed E-state index contributed by atoms with van der Waals surface area (Å²) in [4.78, 5) is 24.8. The van der Waals surface area contributed by atoms with Crippen molar-refractivity contribution in [1.29, 1.82) is 0 Å². The molecule has 0 saturated carbocycles. The molecule has 3 nitrogen and oxygen atoms in total. The first-order valence-corrected chi connectivity index (χ1v) is 8.43. The first-order chi connectivity index (χ1) is 10.7. The van der Waals surface area contributed by atoms with Crippen LogP contribution >= 0.6 is 11.3 Å². The smallest absolute Gasteiger partial charge is 0.311 e. The van der Waals surface area contributed by atoms with Crippen molar-refractivity contribution < 1.29 is 14.3 Å². The van der Waals surface area contributed by atoms with Gasteiger partial charge in [0.15, 0.2) is 12.4 Å². The van der Waals surface area contributed by atoms with Gasteiger partial charge in [-0.05, 0) is 54.3 Å². The van der Waals surface area contributed by atoms with Crippen molar-refractivity contribution in [1.82, 2.24) is 0 Å². The average molecular weight is 314 g/mol. The van der Waals surface area contributed by atoms with E-state index >= 15 is 0 Å². The molecule has 114 valence electrons. The number of Topliss-reactive ketones (excluding diaryl/α,β-unsaturated/α-hetero) is 1. The molecule has 0 radical (unpaired) electrons. The molecule has 1 aliphatic rings. The molecule has 0 saturated heterocycles. The van der Waals surface area contributed by atoms with Crippen LogP contribution in [-0.2, 0) is 28.8 Å². The largest absolute Gasteiger partial charge is 0.457 e. The Morgan fingerprint density at radius 2 is 1.91 bits per heavy atom. The molecule has 4 heteroatoms. The van der Waals surface area contributed by atoms with E-state index in [0.717, 1.165) is 17.7 Å². The number of rotatable bonds is 5. The molecule has 0 amide bonds. The van der Waals surface area contributed by atoms with Crippen molar-refractivity contribution in [3.63, 3.8) is 0 Å². The Bertz CT molecular complexity index is 674. The van der Waals surface area contributed by atoms with E-state index in [9.17, 15) is 9.59 Å². The van der Waals surface area contributed by atoms with E-state index < -0.39 is 0 Å². The minimum atomic E-state index is -0.353. The molecular formula is C18H18O3S. The van der Waals surface area contributed by atoms with Gasteiger partial charge in [0.05, 0.1) is 6.42 Å². The number of carbonyl (C=O) groups excluding carboxylic acids is 2. The van der Waals surface area contributed by atoms with Gasteiger partial charge in [0.2, 0.25) is 0 Å². The average Bonchev–Trinajstić information content (AvgIpc) is 3.05. The number of ether oxygens (including phenoxy) is 1. The van der Waals surface area contributed by atoms with Crippen molar-refractivity contribution in [2.24, 2.45) is 0 Å². The minimum Gasteiger partial charge on any atom is -0.457 e. The van der Waals surface area contributed by atoms with Crippen molar-refractivity contribution in [3.8, 4) is 0 Å². The van der Waals surface area contributed by atoms with Gasteiger partial charge in [0, 0.05) is 10.4 Å². The van der Waals surface area contributed by atoms with E-state index in [0.29, 0.717) is 5.56 Å². The van der Waals surface area contributed by atoms with Crippen molar-refractivity contribution in [2.75, 3.05) is 6.61 Å². The van der Waals surface area contributed by atoms with Gasteiger partial charge >= 0.3 is 5.97 Å². The molecule has 2 aromatic rings. The number of hydrogen-bond donors (Lipinski definition) is 0. The molecular weight excluding hydrogens is 296 g/mol. The molecule has 3 rings (SSSR count). The Morgan fingerprint density at radius 1 is 1.09 bits per heavy atom. The highest BCUT2D eigenvalue weighted by Crippen LogP contribution is 2.22. The van der Waals surface area contributed by atoms with Gasteiger partial charge < -0.3 is 4.74 Å². The number of aryl methyl sites for hydroxylation is 2. The topological polar surface area (TPSA) is 43.4 Å². The summed E-state index contributed by atoms with van der Waals surface area (Å²) in [6.45, 7) is -0.178. The fourth-order valence-electron chi connectivity index (χ4n) is 2.74. The quantitative estimate of drug-likeness (QED) is 0.625. The Morgan fingerprint density at radius 3 is 2.68 bits per heavy atom. The summed E-state index contributed by atoms with van der Waals surface area (Å²) in [5.41, 5.74) is 3.25. The molecule has 22 heavy (non-hydrogen) atoms. The molecule has 1 aliphatic carbocycles. The number of hydrogen-bond acceptors (Lipinski definition) is 4. The Hall–Kier alpha value is -1.94. The van der Waals surface area contributed by atoms with Gasteiger partial charge in [-0.25, -0.2) is 0 Å². The molecule has 0 atom stereocenters. The molecule has 1 aromatic heterocycles. The summed E-state index contributed by atoms with van der Waals surface area (Å²) < 4.78 is 5.09. The Balaban J connectivity index is 1.56. The number of fused-ring (bicyclic) bond motifs is 1. The van der Waals surface area contributed by atoms with Crippen LogP contribution in [0.4, 0.5) is 0 Å². The molecule has 0 N–H and O–H groups in total. The van der Waals surface area contributed by atoms with Crippen LogP contribution in [0.5, 0.6) is 0 Å². The van der Waals surface area contributed by atoms with Crippen molar-refractivity contribution in [2.45, 2.75) is 32.1 Å². The summed E-state index contributed by atoms with van der Waals surface area (Å²) in [6, 6.07) is 9.63. The van der Waals surface area contributed by atoms with Crippen molar-refractivity contribution in [3.05, 3.63) is 57.3 Å². The lowest BCUT2D eigenvalue weighted by Gasteiger charge is -2.16. The van der Waals surface area contributed by atoms with E-state index in [1.807, 2.05) is 35.7 Å². The summed E-state index contributed by atoms with van der Waals surface area (Å²) in [5, 5.41) is 1.92. The molecule has 0 spiro atoms. The lowest BCUT2D eigenvalue weighted by molar-refractivity contribution is -0.141. The maximum absolute atomic E-state index is 12.2. The fourth-order valence-corrected chi connectivity index (χ4v) is 3.43. The summed E-state index contributed by atoms with van der Waals surface area (Å²) in [5.74, 6) is -0.485. The lowest BCUT2D eigenvalue weighted by atomic mass is 9.90. The minimum absolute atomic E-state index is 0.132. The third-order valence-electron chi connectivity index (χ3n) is 3.93. The predicted octanol–water partition coefficient (Wildman–Crippen LogP) is 3.60. The van der Waals surface area contributed by atoms with Gasteiger partial charge in [-0.2, -0.15) is 0 Å². The highest BCUT2D eigenvalue weighted by molar-refractivity contribution is 7.10. The zero-order valence-electron chi connectivity index (χ0n) is 12.3. The summed E-state index contributed by atoms with van der Waals surface area (Å²) >= 11 is 1.51. The number of thiophene rings is 1. The van der Waals surface area contributed by atoms with Gasteiger partial charge in [0.1, 0.15) is 0 Å². The Kier molecular flexibility index (Phi) is 4.68. The Labute approximate surface area is 133 Å². The first kappa shape index (κ1) is 15.0. The van der Waals surface area contributed by atoms with Gasteiger partial charge in [-0.15, -0.1) is 11.3 Å². The second-order valence-corrected chi connectivity index (χ2v) is 6.56. The zero-order chi connectivity index (χ0) is 15.4. The second-order valence-electron chi connectivity index (χ2n) is 5.53. The maximum Gasteiger partial charge on any atom is 0.311 e. The predicted molar refractivity (Wildman–Crippen MR) is 86.4 cm³/mol. The number of carbonyl (C=O) groups is 2. The highest BCUT2D eigenvalue weighted by atomic mass is 32.1. The highest BCUT2D eigenvalue weighted by Gasteiger charge is 2.14. The summed E-state index contributed by atoms with van der Waals surface area (Å²) in [6.07, 6.45) is 4.77. The third-order valence-corrected chi connectivity index (χ3v) is 4.81. The van der Waals surface area contributed by atoms with Crippen LogP contribution in [0.3, 0.4) is 0 Å². The molecule has 1 aromatic carbocycles. The number of ketones is 1. The van der Waals surface area contributed by atoms with Crippen molar-refractivity contribution >= 4 is 23.1 Å². The van der Waals surface area contributed by atoms with E-state index in [4.69, 9.17) is 4.74 Å². The van der Waals surface area contributed by atoms with Crippen LogP contribution in [-0.4, -0.2) is 18.4 Å². The zero-order valence-corrected chi connectivity index (χ0v) is 13.2. The number of esters is 1. The van der Waals surface area contributed by atoms with Crippen LogP contribution in [0, 0.1) is 0 Å². The molecule has 0 aliphatic heterocycles. The van der Waals surface area contributed by atoms with Crippen LogP contribution in [0.2, 0.25) is 0 Å².